The quantitative estimate of drug-likeness (QED) is 0.345. The number of urea groups is 1. The second-order valence-electron chi connectivity index (χ2n) is 5.46. The summed E-state index contributed by atoms with van der Waals surface area (Å²) < 4.78 is 4.88. The molecule has 0 bridgehead atoms. The van der Waals surface area contributed by atoms with Gasteiger partial charge in [0.15, 0.2) is 6.54 Å². The van der Waals surface area contributed by atoms with Gasteiger partial charge in [-0.1, -0.05) is 0 Å². The number of carbonyl (C=O) groups is 2. The van der Waals surface area contributed by atoms with Crippen molar-refractivity contribution in [3.8, 4) is 0 Å². The number of rotatable bonds is 4. The Balaban J connectivity index is 0. The maximum absolute atomic E-state index is 11.6. The zero-order valence-electron chi connectivity index (χ0n) is 12.0. The zero-order chi connectivity index (χ0) is 13.7. The van der Waals surface area contributed by atoms with Gasteiger partial charge in [0.2, 0.25) is 0 Å². The molecule has 0 rings (SSSR count). The van der Waals surface area contributed by atoms with Crippen LogP contribution in [-0.4, -0.2) is 49.4 Å². The highest BCUT2D eigenvalue weighted by atomic mass is 79.9. The molecule has 2 amide bonds. The van der Waals surface area contributed by atoms with E-state index in [0.717, 1.165) is 0 Å². The van der Waals surface area contributed by atoms with Crippen LogP contribution in [0, 0.1) is 0 Å². The molecule has 18 heavy (non-hydrogen) atoms. The van der Waals surface area contributed by atoms with Gasteiger partial charge in [-0.3, -0.25) is 0 Å². The van der Waals surface area contributed by atoms with Crippen LogP contribution in [0.25, 0.3) is 0 Å². The Kier molecular flexibility index (Phi) is 8.22. The number of hydrogen-bond donors (Lipinski definition) is 2. The maximum atomic E-state index is 11.6. The first kappa shape index (κ1) is 19.5. The molecule has 0 saturated heterocycles. The molecule has 0 saturated carbocycles. The van der Waals surface area contributed by atoms with Crippen LogP contribution >= 0.6 is 0 Å². The summed E-state index contributed by atoms with van der Waals surface area (Å²) in [7, 11) is 3.44. The van der Waals surface area contributed by atoms with Crippen molar-refractivity contribution in [3.05, 3.63) is 0 Å². The van der Waals surface area contributed by atoms with Gasteiger partial charge in [-0.2, -0.15) is 5.43 Å². The Bertz CT molecular complexity index is 288. The molecule has 6 nitrogen and oxygen atoms in total. The number of nitrogens with zero attached hydrogens (tertiary/aromatic N) is 1. The Morgan fingerprint density at radius 1 is 1.22 bits per heavy atom. The summed E-state index contributed by atoms with van der Waals surface area (Å²) in [6.07, 6.45) is 0. The van der Waals surface area contributed by atoms with Gasteiger partial charge in [-0.15, -0.1) is 0 Å². The normalized spacial score (nSPS) is 11.2. The molecule has 108 valence electrons. The van der Waals surface area contributed by atoms with Gasteiger partial charge in [0, 0.05) is 5.54 Å². The summed E-state index contributed by atoms with van der Waals surface area (Å²) in [5.41, 5.74) is 2.38. The number of carbonyl (C=O) groups excluding carboxylic acids is 2. The van der Waals surface area contributed by atoms with Crippen molar-refractivity contribution in [2.24, 2.45) is 0 Å². The smallest absolute Gasteiger partial charge is 0.364 e. The lowest BCUT2D eigenvalue weighted by Gasteiger charge is -2.30. The molecular weight excluding hydrogens is 302 g/mol. The van der Waals surface area contributed by atoms with E-state index < -0.39 is 0 Å². The van der Waals surface area contributed by atoms with E-state index in [1.165, 1.54) is 0 Å². The van der Waals surface area contributed by atoms with Crippen molar-refractivity contribution in [1.82, 2.24) is 10.7 Å². The van der Waals surface area contributed by atoms with Crippen LogP contribution in [-0.2, 0) is 9.53 Å². The Morgan fingerprint density at radius 3 is 2.11 bits per heavy atom. The maximum Gasteiger partial charge on any atom is 0.364 e. The second-order valence-corrected chi connectivity index (χ2v) is 5.46. The standard InChI is InChI=1S/C11H23N3O3.BrH/c1-7-17-9(15)8-14(5,6)13-10(16)12-11(2,3)4;/h7-8H2,1-6H3,(H-,12,13,16);1H. The molecular formula is C11H24BrN3O3. The minimum atomic E-state index is -0.339. The molecule has 0 unspecified atom stereocenters. The van der Waals surface area contributed by atoms with Crippen LogP contribution in [0.5, 0.6) is 0 Å². The van der Waals surface area contributed by atoms with E-state index in [0.29, 0.717) is 6.61 Å². The number of halogens is 1. The van der Waals surface area contributed by atoms with E-state index in [1.54, 1.807) is 21.0 Å². The predicted octanol–water partition coefficient (Wildman–Crippen LogP) is -2.36. The molecule has 0 aromatic rings. The third kappa shape index (κ3) is 10.3. The van der Waals surface area contributed by atoms with E-state index in [-0.39, 0.29) is 45.7 Å². The average Bonchev–Trinajstić information content (AvgIpc) is 1.96. The van der Waals surface area contributed by atoms with Gasteiger partial charge < -0.3 is 27.0 Å². The molecule has 0 spiro atoms. The molecule has 0 fully saturated rings. The fourth-order valence-electron chi connectivity index (χ4n) is 1.21. The number of esters is 1. The number of likely N-dealkylation sites (N-methyl/N-ethyl adjacent to an activating group) is 1. The van der Waals surface area contributed by atoms with Crippen molar-refractivity contribution in [3.63, 3.8) is 0 Å². The lowest BCUT2D eigenvalue weighted by Crippen LogP contribution is -3.00. The number of nitrogens with one attached hydrogen (secondary N) is 2. The van der Waals surface area contributed by atoms with Crippen molar-refractivity contribution < 1.29 is 35.9 Å². The Morgan fingerprint density at radius 2 is 1.72 bits per heavy atom. The lowest BCUT2D eigenvalue weighted by atomic mass is 10.1. The number of quaternary nitrogens is 1. The highest BCUT2D eigenvalue weighted by Crippen LogP contribution is 1.99. The van der Waals surface area contributed by atoms with Gasteiger partial charge in [0.25, 0.3) is 0 Å². The van der Waals surface area contributed by atoms with E-state index >= 15 is 0 Å². The van der Waals surface area contributed by atoms with Crippen LogP contribution in [0.15, 0.2) is 0 Å². The van der Waals surface area contributed by atoms with Crippen LogP contribution < -0.4 is 27.7 Å². The molecule has 0 aliphatic carbocycles. The highest BCUT2D eigenvalue weighted by molar-refractivity contribution is 5.74. The highest BCUT2D eigenvalue weighted by Gasteiger charge is 2.25. The third-order valence-electron chi connectivity index (χ3n) is 1.72. The van der Waals surface area contributed by atoms with Crippen LogP contribution in [0.4, 0.5) is 4.79 Å². The van der Waals surface area contributed by atoms with Crippen LogP contribution in [0.2, 0.25) is 0 Å². The number of ether oxygens (including phenoxy) is 1. The van der Waals surface area contributed by atoms with Gasteiger partial charge in [0.1, 0.15) is 0 Å². The van der Waals surface area contributed by atoms with Gasteiger partial charge in [-0.05, 0) is 27.7 Å². The first-order valence-corrected chi connectivity index (χ1v) is 5.65. The van der Waals surface area contributed by atoms with Gasteiger partial charge >= 0.3 is 12.0 Å². The average molecular weight is 326 g/mol. The molecule has 7 heteroatoms. The van der Waals surface area contributed by atoms with E-state index in [1.807, 2.05) is 20.8 Å². The number of amides is 2. The molecule has 0 aliphatic rings. The fourth-order valence-corrected chi connectivity index (χ4v) is 1.21. The van der Waals surface area contributed by atoms with Crippen molar-refractivity contribution >= 4 is 12.0 Å². The molecule has 0 atom stereocenters. The molecule has 0 aromatic heterocycles. The summed E-state index contributed by atoms with van der Waals surface area (Å²) in [5, 5.41) is 2.76. The molecule has 0 heterocycles. The van der Waals surface area contributed by atoms with Crippen LogP contribution in [0.3, 0.4) is 0 Å². The van der Waals surface area contributed by atoms with Crippen molar-refractivity contribution in [2.45, 2.75) is 33.2 Å². The Hall–Kier alpha value is -0.820. The van der Waals surface area contributed by atoms with Gasteiger partial charge in [-0.25, -0.2) is 14.2 Å². The SMILES string of the molecule is CCOC(=O)C[N+](C)(C)NC(=O)NC(C)(C)C.[Br-]. The zero-order valence-corrected chi connectivity index (χ0v) is 13.6. The summed E-state index contributed by atoms with van der Waals surface area (Å²) >= 11 is 0. The summed E-state index contributed by atoms with van der Waals surface area (Å²) in [4.78, 5) is 22.9. The van der Waals surface area contributed by atoms with Crippen molar-refractivity contribution in [1.29, 1.82) is 0 Å². The first-order valence-electron chi connectivity index (χ1n) is 5.65. The van der Waals surface area contributed by atoms with Crippen molar-refractivity contribution in [2.75, 3.05) is 27.2 Å². The fraction of sp³-hybridized carbons (Fsp3) is 0.818. The lowest BCUT2D eigenvalue weighted by molar-refractivity contribution is -0.917. The Labute approximate surface area is 119 Å². The summed E-state index contributed by atoms with van der Waals surface area (Å²) in [6, 6.07) is -0.313. The second kappa shape index (κ2) is 7.58. The third-order valence-corrected chi connectivity index (χ3v) is 1.72. The summed E-state index contributed by atoms with van der Waals surface area (Å²) in [6.45, 7) is 7.84. The molecule has 0 radical (unpaired) electrons. The molecule has 2 N–H and O–H groups in total. The van der Waals surface area contributed by atoms with E-state index in [9.17, 15) is 9.59 Å². The molecule has 0 aliphatic heterocycles. The van der Waals surface area contributed by atoms with E-state index in [2.05, 4.69) is 10.7 Å². The van der Waals surface area contributed by atoms with Gasteiger partial charge in [0.05, 0.1) is 20.7 Å². The topological polar surface area (TPSA) is 67.4 Å². The molecule has 0 aromatic carbocycles. The number of hydrogen-bond acceptors (Lipinski definition) is 3. The monoisotopic (exact) mass is 325 g/mol. The first-order chi connectivity index (χ1) is 7.56. The minimum absolute atomic E-state index is 0. The van der Waals surface area contributed by atoms with E-state index in [4.69, 9.17) is 4.74 Å². The minimum Gasteiger partial charge on any atom is -1.00 e. The van der Waals surface area contributed by atoms with Crippen LogP contribution in [0.1, 0.15) is 27.7 Å². The largest absolute Gasteiger partial charge is 1.00 e. The summed E-state index contributed by atoms with van der Waals surface area (Å²) in [5.74, 6) is -0.339. The predicted molar refractivity (Wildman–Crippen MR) is 65.0 cm³/mol.